The molecule has 0 aliphatic rings. The summed E-state index contributed by atoms with van der Waals surface area (Å²) in [4.78, 5) is 34.1. The van der Waals surface area contributed by atoms with E-state index in [-0.39, 0.29) is 18.4 Å². The molecule has 8 heteroatoms. The highest BCUT2D eigenvalue weighted by molar-refractivity contribution is 7.19. The van der Waals surface area contributed by atoms with Crippen LogP contribution in [0.4, 0.5) is 5.13 Å². The van der Waals surface area contributed by atoms with Gasteiger partial charge in [-0.05, 0) is 0 Å². The maximum Gasteiger partial charge on any atom is 0.245 e. The van der Waals surface area contributed by atoms with Crippen molar-refractivity contribution in [3.63, 3.8) is 0 Å². The zero-order valence-electron chi connectivity index (χ0n) is 16.3. The molecule has 0 bridgehead atoms. The lowest BCUT2D eigenvalue weighted by atomic mass is 9.96. The van der Waals surface area contributed by atoms with Gasteiger partial charge in [-0.15, -0.1) is 0 Å². The van der Waals surface area contributed by atoms with Gasteiger partial charge in [0.2, 0.25) is 11.8 Å². The fraction of sp³-hybridized carbons (Fsp3) is 0.300. The van der Waals surface area contributed by atoms with Crippen LogP contribution in [0, 0.1) is 5.41 Å². The van der Waals surface area contributed by atoms with Gasteiger partial charge in [-0.25, -0.2) is 9.97 Å². The summed E-state index contributed by atoms with van der Waals surface area (Å²) in [6, 6.07) is 9.76. The number of aromatic nitrogens is 3. The second-order valence-corrected chi connectivity index (χ2v) is 8.40. The number of hydrogen-bond donors (Lipinski definition) is 2. The van der Waals surface area contributed by atoms with E-state index in [1.807, 2.05) is 48.1 Å². The Labute approximate surface area is 167 Å². The Morgan fingerprint density at radius 2 is 1.89 bits per heavy atom. The molecule has 2 N–H and O–H groups in total. The van der Waals surface area contributed by atoms with Crippen LogP contribution in [0.25, 0.3) is 22.0 Å². The first kappa shape index (κ1) is 19.8. The van der Waals surface area contributed by atoms with Crippen molar-refractivity contribution in [1.82, 2.24) is 19.9 Å². The van der Waals surface area contributed by atoms with E-state index in [0.29, 0.717) is 5.13 Å². The number of rotatable bonds is 5. The first-order valence-electron chi connectivity index (χ1n) is 8.88. The minimum absolute atomic E-state index is 0.103. The molecule has 0 radical (unpaired) electrons. The fourth-order valence-corrected chi connectivity index (χ4v) is 3.53. The van der Waals surface area contributed by atoms with E-state index in [2.05, 4.69) is 20.6 Å². The molecular formula is C20H23N5O2S. The minimum atomic E-state index is -0.548. The van der Waals surface area contributed by atoms with Gasteiger partial charge in [0.1, 0.15) is 0 Å². The Kier molecular flexibility index (Phi) is 5.60. The maximum atomic E-state index is 12.3. The SMILES string of the molecule is Cn1ccnc1-c1sc(NC(=O)CNC(=O)C(C)(C)C)nc1-c1ccccc1. The van der Waals surface area contributed by atoms with E-state index < -0.39 is 5.41 Å². The number of benzene rings is 1. The molecule has 1 aromatic carbocycles. The number of hydrogen-bond acceptors (Lipinski definition) is 5. The van der Waals surface area contributed by atoms with Crippen molar-refractivity contribution in [2.45, 2.75) is 20.8 Å². The average Bonchev–Trinajstić information content (AvgIpc) is 3.25. The van der Waals surface area contributed by atoms with Crippen LogP contribution in [0.5, 0.6) is 0 Å². The lowest BCUT2D eigenvalue weighted by Crippen LogP contribution is -2.39. The molecular weight excluding hydrogens is 374 g/mol. The first-order valence-corrected chi connectivity index (χ1v) is 9.69. The zero-order valence-corrected chi connectivity index (χ0v) is 17.1. The van der Waals surface area contributed by atoms with Gasteiger partial charge in [0.05, 0.1) is 17.1 Å². The smallest absolute Gasteiger partial charge is 0.245 e. The van der Waals surface area contributed by atoms with E-state index in [4.69, 9.17) is 0 Å². The molecule has 146 valence electrons. The number of anilines is 1. The van der Waals surface area contributed by atoms with Gasteiger partial charge in [0.15, 0.2) is 11.0 Å². The van der Waals surface area contributed by atoms with Crippen LogP contribution < -0.4 is 10.6 Å². The van der Waals surface area contributed by atoms with Crippen molar-refractivity contribution < 1.29 is 9.59 Å². The number of thiazole rings is 1. The van der Waals surface area contributed by atoms with Gasteiger partial charge in [0.25, 0.3) is 0 Å². The second-order valence-electron chi connectivity index (χ2n) is 7.41. The van der Waals surface area contributed by atoms with Crippen LogP contribution in [0.1, 0.15) is 20.8 Å². The van der Waals surface area contributed by atoms with Crippen molar-refractivity contribution >= 4 is 28.3 Å². The van der Waals surface area contributed by atoms with E-state index >= 15 is 0 Å². The Balaban J connectivity index is 1.83. The third-order valence-corrected chi connectivity index (χ3v) is 5.00. The van der Waals surface area contributed by atoms with Crippen molar-refractivity contribution in [3.8, 4) is 22.0 Å². The molecule has 2 heterocycles. The molecule has 0 saturated carbocycles. The molecule has 0 saturated heterocycles. The maximum absolute atomic E-state index is 12.3. The number of carbonyl (C=O) groups excluding carboxylic acids is 2. The summed E-state index contributed by atoms with van der Waals surface area (Å²) < 4.78 is 1.91. The van der Waals surface area contributed by atoms with Gasteiger partial charge >= 0.3 is 0 Å². The van der Waals surface area contributed by atoms with Crippen LogP contribution in [0.2, 0.25) is 0 Å². The monoisotopic (exact) mass is 397 g/mol. The summed E-state index contributed by atoms with van der Waals surface area (Å²) in [5, 5.41) is 5.88. The number of carbonyl (C=O) groups is 2. The van der Waals surface area contributed by atoms with Crippen LogP contribution in [0.3, 0.4) is 0 Å². The van der Waals surface area contributed by atoms with E-state index in [0.717, 1.165) is 22.0 Å². The molecule has 0 unspecified atom stereocenters. The topological polar surface area (TPSA) is 88.9 Å². The fourth-order valence-electron chi connectivity index (χ4n) is 2.49. The molecule has 7 nitrogen and oxygen atoms in total. The van der Waals surface area contributed by atoms with Crippen molar-refractivity contribution in [3.05, 3.63) is 42.7 Å². The molecule has 3 aromatic rings. The largest absolute Gasteiger partial charge is 0.347 e. The number of aryl methyl sites for hydroxylation is 1. The minimum Gasteiger partial charge on any atom is -0.347 e. The highest BCUT2D eigenvalue weighted by Gasteiger charge is 2.22. The molecule has 0 atom stereocenters. The molecule has 0 spiro atoms. The zero-order chi connectivity index (χ0) is 20.3. The summed E-state index contributed by atoms with van der Waals surface area (Å²) in [5.74, 6) is 0.274. The summed E-state index contributed by atoms with van der Waals surface area (Å²) in [6.45, 7) is 5.29. The van der Waals surface area contributed by atoms with Gasteiger partial charge in [-0.3, -0.25) is 9.59 Å². The van der Waals surface area contributed by atoms with Gasteiger partial charge in [-0.1, -0.05) is 62.4 Å². The van der Waals surface area contributed by atoms with Gasteiger partial charge in [0, 0.05) is 30.4 Å². The molecule has 28 heavy (non-hydrogen) atoms. The number of nitrogens with zero attached hydrogens (tertiary/aromatic N) is 3. The van der Waals surface area contributed by atoms with Crippen molar-refractivity contribution in [2.75, 3.05) is 11.9 Å². The molecule has 0 aliphatic carbocycles. The Hall–Kier alpha value is -3.00. The molecule has 2 aromatic heterocycles. The van der Waals surface area contributed by atoms with Crippen molar-refractivity contribution in [2.24, 2.45) is 12.5 Å². The van der Waals surface area contributed by atoms with Crippen LogP contribution in [-0.4, -0.2) is 32.9 Å². The highest BCUT2D eigenvalue weighted by atomic mass is 32.1. The van der Waals surface area contributed by atoms with E-state index in [1.54, 1.807) is 27.0 Å². The number of nitrogens with one attached hydrogen (secondary N) is 2. The van der Waals surface area contributed by atoms with E-state index in [9.17, 15) is 9.59 Å². The van der Waals surface area contributed by atoms with Gasteiger partial charge < -0.3 is 15.2 Å². The van der Waals surface area contributed by atoms with Crippen LogP contribution in [0.15, 0.2) is 42.7 Å². The summed E-state index contributed by atoms with van der Waals surface area (Å²) in [5.41, 5.74) is 1.15. The Bertz CT molecular complexity index is 986. The Morgan fingerprint density at radius 1 is 1.18 bits per heavy atom. The first-order chi connectivity index (χ1) is 13.3. The number of amides is 2. The summed E-state index contributed by atoms with van der Waals surface area (Å²) in [7, 11) is 1.91. The summed E-state index contributed by atoms with van der Waals surface area (Å²) >= 11 is 1.36. The van der Waals surface area contributed by atoms with Gasteiger partial charge in [-0.2, -0.15) is 0 Å². The average molecular weight is 398 g/mol. The predicted molar refractivity (Wildman–Crippen MR) is 111 cm³/mol. The van der Waals surface area contributed by atoms with Crippen LogP contribution in [-0.2, 0) is 16.6 Å². The van der Waals surface area contributed by atoms with Crippen LogP contribution >= 0.6 is 11.3 Å². The lowest BCUT2D eigenvalue weighted by molar-refractivity contribution is -0.130. The third kappa shape index (κ3) is 4.45. The Morgan fingerprint density at radius 3 is 2.50 bits per heavy atom. The van der Waals surface area contributed by atoms with E-state index in [1.165, 1.54) is 11.3 Å². The normalized spacial score (nSPS) is 11.3. The lowest BCUT2D eigenvalue weighted by Gasteiger charge is -2.17. The third-order valence-electron chi connectivity index (χ3n) is 4.04. The van der Waals surface area contributed by atoms with Crippen molar-refractivity contribution in [1.29, 1.82) is 0 Å². The second kappa shape index (κ2) is 7.93. The summed E-state index contributed by atoms with van der Waals surface area (Å²) in [6.07, 6.45) is 3.59. The standard InChI is InChI=1S/C20H23N5O2S/c1-20(2,3)18(27)22-12-14(26)23-19-24-15(13-8-6-5-7-9-13)16(28-19)17-21-10-11-25(17)4/h5-11H,12H2,1-4H3,(H,22,27)(H,23,24,26). The molecule has 0 aliphatic heterocycles. The quantitative estimate of drug-likeness (QED) is 0.691. The highest BCUT2D eigenvalue weighted by Crippen LogP contribution is 2.37. The molecule has 0 fully saturated rings. The molecule has 2 amide bonds. The number of imidazole rings is 1. The molecule has 3 rings (SSSR count). The predicted octanol–water partition coefficient (Wildman–Crippen LogP) is 3.31.